The minimum Gasteiger partial charge on any atom is -0.337 e. The average Bonchev–Trinajstić information content (AvgIpc) is 2.14. The van der Waals surface area contributed by atoms with Crippen molar-refractivity contribution in [1.82, 2.24) is 4.90 Å². The maximum absolute atomic E-state index is 4.54. The van der Waals surface area contributed by atoms with Gasteiger partial charge in [0.25, 0.3) is 0 Å². The van der Waals surface area contributed by atoms with E-state index in [-0.39, 0.29) is 0 Å². The molecule has 0 fully saturated rings. The number of rotatable bonds is 1. The fourth-order valence-corrected chi connectivity index (χ4v) is 0.718. The predicted molar refractivity (Wildman–Crippen MR) is 33.1 cm³/mol. The molecule has 1 heterocycles. The van der Waals surface area contributed by atoms with Crippen LogP contribution in [0.1, 0.15) is 6.42 Å². The van der Waals surface area contributed by atoms with Crippen LogP contribution in [0.3, 0.4) is 0 Å². The summed E-state index contributed by atoms with van der Waals surface area (Å²) in [5.41, 5.74) is 2.59. The fraction of sp³-hybridized carbons (Fsp3) is 0.400. The standard InChI is InChI=1S/C5H6NS/c7-5-6-3-1-2-4-6/h1,3H,2,4H2. The van der Waals surface area contributed by atoms with Gasteiger partial charge in [-0.2, -0.15) is 0 Å². The van der Waals surface area contributed by atoms with E-state index in [0.717, 1.165) is 13.0 Å². The van der Waals surface area contributed by atoms with Gasteiger partial charge in [0.1, 0.15) is 5.49 Å². The Balaban J connectivity index is 2.42. The molecule has 0 spiro atoms. The molecule has 0 unspecified atom stereocenters. The lowest BCUT2D eigenvalue weighted by Gasteiger charge is -2.01. The maximum atomic E-state index is 4.54. The summed E-state index contributed by atoms with van der Waals surface area (Å²) in [6, 6.07) is 0. The summed E-state index contributed by atoms with van der Waals surface area (Å²) in [7, 11) is 0. The van der Waals surface area contributed by atoms with Gasteiger partial charge in [0.05, 0.1) is 0 Å². The van der Waals surface area contributed by atoms with Crippen LogP contribution in [0.4, 0.5) is 0 Å². The summed E-state index contributed by atoms with van der Waals surface area (Å²) in [6.45, 7) is 1.02. The van der Waals surface area contributed by atoms with Crippen molar-refractivity contribution in [3.8, 4) is 0 Å². The van der Waals surface area contributed by atoms with Crippen LogP contribution in [-0.4, -0.2) is 16.9 Å². The zero-order chi connectivity index (χ0) is 5.11. The zero-order valence-corrected chi connectivity index (χ0v) is 4.74. The van der Waals surface area contributed by atoms with Crippen LogP contribution in [-0.2, 0) is 0 Å². The van der Waals surface area contributed by atoms with E-state index in [1.807, 2.05) is 11.1 Å². The van der Waals surface area contributed by atoms with E-state index in [0.29, 0.717) is 0 Å². The Morgan fingerprint density at radius 3 is 2.86 bits per heavy atom. The quantitative estimate of drug-likeness (QED) is 0.466. The third-order valence-electron chi connectivity index (χ3n) is 0.939. The Morgan fingerprint density at radius 2 is 2.57 bits per heavy atom. The van der Waals surface area contributed by atoms with E-state index in [2.05, 4.69) is 23.8 Å². The molecule has 0 saturated heterocycles. The Labute approximate surface area is 48.6 Å². The Hall–Kier alpha value is -0.370. The highest BCUT2D eigenvalue weighted by atomic mass is 32.1. The highest BCUT2D eigenvalue weighted by Crippen LogP contribution is 1.99. The maximum Gasteiger partial charge on any atom is 0.141 e. The van der Waals surface area contributed by atoms with Crippen LogP contribution in [0.5, 0.6) is 0 Å². The van der Waals surface area contributed by atoms with Gasteiger partial charge < -0.3 is 4.90 Å². The van der Waals surface area contributed by atoms with Gasteiger partial charge in [-0.3, -0.25) is 0 Å². The van der Waals surface area contributed by atoms with Crippen LogP contribution in [0, 0.1) is 0 Å². The summed E-state index contributed by atoms with van der Waals surface area (Å²) < 4.78 is 0. The van der Waals surface area contributed by atoms with Gasteiger partial charge in [-0.15, -0.1) is 0 Å². The molecule has 1 nitrogen and oxygen atoms in total. The van der Waals surface area contributed by atoms with E-state index < -0.39 is 0 Å². The molecule has 0 N–H and O–H groups in total. The predicted octanol–water partition coefficient (Wildman–Crippen LogP) is 1.04. The SMILES string of the molecule is S=[C]N1C=CCC1. The largest absolute Gasteiger partial charge is 0.337 e. The molecular formula is C5H6NS. The Kier molecular flexibility index (Phi) is 1.42. The van der Waals surface area contributed by atoms with Crippen molar-refractivity contribution >= 4 is 17.7 Å². The van der Waals surface area contributed by atoms with E-state index in [1.54, 1.807) is 0 Å². The number of nitrogens with zero attached hydrogens (tertiary/aromatic N) is 1. The molecule has 0 saturated carbocycles. The summed E-state index contributed by atoms with van der Waals surface area (Å²) in [6.07, 6.45) is 5.15. The van der Waals surface area contributed by atoms with Gasteiger partial charge in [0.2, 0.25) is 0 Å². The highest BCUT2D eigenvalue weighted by molar-refractivity contribution is 7.78. The monoisotopic (exact) mass is 112 g/mol. The van der Waals surface area contributed by atoms with E-state index >= 15 is 0 Å². The van der Waals surface area contributed by atoms with Crippen molar-refractivity contribution in [1.29, 1.82) is 0 Å². The van der Waals surface area contributed by atoms with Gasteiger partial charge in [-0.1, -0.05) is 18.3 Å². The molecule has 0 aromatic heterocycles. The zero-order valence-electron chi connectivity index (χ0n) is 3.92. The van der Waals surface area contributed by atoms with Crippen LogP contribution in [0.2, 0.25) is 0 Å². The van der Waals surface area contributed by atoms with E-state index in [4.69, 9.17) is 0 Å². The van der Waals surface area contributed by atoms with Crippen molar-refractivity contribution < 1.29 is 0 Å². The van der Waals surface area contributed by atoms with Gasteiger partial charge in [0.15, 0.2) is 0 Å². The molecular weight excluding hydrogens is 106 g/mol. The van der Waals surface area contributed by atoms with Crippen molar-refractivity contribution in [2.24, 2.45) is 0 Å². The first-order chi connectivity index (χ1) is 3.43. The second-order valence-corrected chi connectivity index (χ2v) is 1.64. The first-order valence-corrected chi connectivity index (χ1v) is 2.65. The molecule has 0 amide bonds. The Bertz CT molecular complexity index is 98.3. The van der Waals surface area contributed by atoms with Gasteiger partial charge in [0, 0.05) is 12.7 Å². The van der Waals surface area contributed by atoms with Gasteiger partial charge in [-0.25, -0.2) is 0 Å². The molecule has 1 aliphatic heterocycles. The average molecular weight is 112 g/mol. The number of hydrogen-bond donors (Lipinski definition) is 0. The molecule has 0 bridgehead atoms. The van der Waals surface area contributed by atoms with E-state index in [1.165, 1.54) is 0 Å². The third kappa shape index (κ3) is 0.996. The van der Waals surface area contributed by atoms with Crippen molar-refractivity contribution in [2.45, 2.75) is 6.42 Å². The second kappa shape index (κ2) is 2.07. The summed E-state index contributed by atoms with van der Waals surface area (Å²) in [4.78, 5) is 1.87. The van der Waals surface area contributed by atoms with Crippen molar-refractivity contribution in [3.05, 3.63) is 12.3 Å². The van der Waals surface area contributed by atoms with Gasteiger partial charge in [-0.05, 0) is 6.42 Å². The second-order valence-electron chi connectivity index (χ2n) is 1.46. The van der Waals surface area contributed by atoms with Crippen LogP contribution >= 0.6 is 12.2 Å². The molecule has 0 aromatic carbocycles. The lowest BCUT2D eigenvalue weighted by Crippen LogP contribution is -2.08. The number of thiocarbonyl (C=S) groups is 1. The molecule has 1 rings (SSSR count). The van der Waals surface area contributed by atoms with E-state index in [9.17, 15) is 0 Å². The Morgan fingerprint density at radius 1 is 1.71 bits per heavy atom. The summed E-state index contributed by atoms with van der Waals surface area (Å²) in [5.74, 6) is 0. The van der Waals surface area contributed by atoms with Crippen LogP contribution in [0.25, 0.3) is 0 Å². The topological polar surface area (TPSA) is 3.24 Å². The summed E-state index contributed by atoms with van der Waals surface area (Å²) in [5, 5.41) is 0. The smallest absolute Gasteiger partial charge is 0.141 e. The normalized spacial score (nSPS) is 18.0. The molecule has 0 aliphatic carbocycles. The molecule has 1 radical (unpaired) electrons. The molecule has 0 aromatic rings. The minimum atomic E-state index is 1.02. The first-order valence-electron chi connectivity index (χ1n) is 2.24. The van der Waals surface area contributed by atoms with Crippen molar-refractivity contribution in [2.75, 3.05) is 6.54 Å². The minimum absolute atomic E-state index is 1.02. The van der Waals surface area contributed by atoms with Crippen LogP contribution < -0.4 is 0 Å². The lowest BCUT2D eigenvalue weighted by atomic mass is 10.5. The molecule has 1 aliphatic rings. The van der Waals surface area contributed by atoms with Crippen molar-refractivity contribution in [3.63, 3.8) is 0 Å². The highest BCUT2D eigenvalue weighted by Gasteiger charge is 1.97. The van der Waals surface area contributed by atoms with Crippen LogP contribution in [0.15, 0.2) is 12.3 Å². The lowest BCUT2D eigenvalue weighted by molar-refractivity contribution is 0.629. The molecule has 2 heteroatoms. The molecule has 0 atom stereocenters. The number of hydrogen-bond acceptors (Lipinski definition) is 1. The molecule has 37 valence electrons. The summed E-state index contributed by atoms with van der Waals surface area (Å²) >= 11 is 4.54. The molecule has 7 heavy (non-hydrogen) atoms. The third-order valence-corrected chi connectivity index (χ3v) is 1.17. The first kappa shape index (κ1) is 4.78. The fourth-order valence-electron chi connectivity index (χ4n) is 0.566. The van der Waals surface area contributed by atoms with Gasteiger partial charge >= 0.3 is 0 Å².